The standard InChI is InChI=1S/C23H31N5S2/c1-4-6-10-17-15-8-7-9-16(15)18-19-20(30-22(18)24-17)21(26-23(25-19)29-3)28-13-11-27(5-2)12-14-28/h4-14H2,1-3H3/p+1. The number of piperazine rings is 1. The molecule has 0 unspecified atom stereocenters. The number of pyridine rings is 1. The lowest BCUT2D eigenvalue weighted by Gasteiger charge is -2.32. The highest BCUT2D eigenvalue weighted by Crippen LogP contribution is 2.43. The molecule has 5 nitrogen and oxygen atoms in total. The lowest BCUT2D eigenvalue weighted by atomic mass is 10.0. The molecule has 0 spiro atoms. The van der Waals surface area contributed by atoms with Crippen LogP contribution < -0.4 is 9.80 Å². The Morgan fingerprint density at radius 1 is 1.07 bits per heavy atom. The fourth-order valence-electron chi connectivity index (χ4n) is 5.05. The molecule has 1 saturated heterocycles. The minimum absolute atomic E-state index is 0.893. The highest BCUT2D eigenvalue weighted by atomic mass is 32.2. The maximum atomic E-state index is 5.21. The van der Waals surface area contributed by atoms with Crippen LogP contribution in [0.25, 0.3) is 20.4 Å². The number of hydrogen-bond donors (Lipinski definition) is 1. The third-order valence-corrected chi connectivity index (χ3v) is 8.42. The van der Waals surface area contributed by atoms with E-state index in [4.69, 9.17) is 15.0 Å². The molecule has 30 heavy (non-hydrogen) atoms. The fraction of sp³-hybridized carbons (Fsp3) is 0.609. The molecule has 0 saturated carbocycles. The molecule has 160 valence electrons. The topological polar surface area (TPSA) is 46.4 Å². The zero-order valence-corrected chi connectivity index (χ0v) is 20.0. The number of thiophene rings is 1. The number of likely N-dealkylation sites (N-methyl/N-ethyl adjacent to an activating group) is 1. The molecule has 2 aliphatic rings. The first-order chi connectivity index (χ1) is 14.7. The van der Waals surface area contributed by atoms with E-state index in [-0.39, 0.29) is 0 Å². The third-order valence-electron chi connectivity index (χ3n) is 6.80. The van der Waals surface area contributed by atoms with Crippen LogP contribution in [0, 0.1) is 0 Å². The summed E-state index contributed by atoms with van der Waals surface area (Å²) in [5.41, 5.74) is 5.57. The normalized spacial score (nSPS) is 17.4. The van der Waals surface area contributed by atoms with Crippen molar-refractivity contribution >= 4 is 49.3 Å². The molecule has 0 bridgehead atoms. The molecule has 4 heterocycles. The molecule has 1 aliphatic heterocycles. The molecular weight excluding hydrogens is 410 g/mol. The highest BCUT2D eigenvalue weighted by molar-refractivity contribution is 7.98. The second-order valence-corrected chi connectivity index (χ2v) is 10.3. The largest absolute Gasteiger partial charge is 0.344 e. The van der Waals surface area contributed by atoms with Gasteiger partial charge in [0.1, 0.15) is 4.83 Å². The molecule has 3 aromatic heterocycles. The number of fused-ring (bicyclic) bond motifs is 5. The Kier molecular flexibility index (Phi) is 5.86. The summed E-state index contributed by atoms with van der Waals surface area (Å²) in [4.78, 5) is 20.6. The van der Waals surface area contributed by atoms with Gasteiger partial charge in [-0.05, 0) is 56.4 Å². The van der Waals surface area contributed by atoms with E-state index >= 15 is 0 Å². The number of unbranched alkanes of at least 4 members (excludes halogenated alkanes) is 1. The minimum atomic E-state index is 0.893. The van der Waals surface area contributed by atoms with Crippen LogP contribution >= 0.6 is 23.1 Å². The third kappa shape index (κ3) is 3.49. The molecule has 0 aromatic carbocycles. The summed E-state index contributed by atoms with van der Waals surface area (Å²) < 4.78 is 1.25. The maximum Gasteiger partial charge on any atom is 0.189 e. The van der Waals surface area contributed by atoms with Crippen LogP contribution in [0.3, 0.4) is 0 Å². The van der Waals surface area contributed by atoms with E-state index in [2.05, 4.69) is 25.0 Å². The lowest BCUT2D eigenvalue weighted by molar-refractivity contribution is -0.898. The first-order valence-corrected chi connectivity index (χ1v) is 13.5. The second-order valence-electron chi connectivity index (χ2n) is 8.56. The van der Waals surface area contributed by atoms with Gasteiger partial charge in [-0.1, -0.05) is 25.1 Å². The lowest BCUT2D eigenvalue weighted by Crippen LogP contribution is -3.14. The van der Waals surface area contributed by atoms with E-state index in [0.717, 1.165) is 36.0 Å². The van der Waals surface area contributed by atoms with Gasteiger partial charge in [0.15, 0.2) is 11.0 Å². The summed E-state index contributed by atoms with van der Waals surface area (Å²) in [7, 11) is 0. The molecule has 1 fully saturated rings. The van der Waals surface area contributed by atoms with Crippen molar-refractivity contribution in [2.24, 2.45) is 0 Å². The first-order valence-electron chi connectivity index (χ1n) is 11.5. The van der Waals surface area contributed by atoms with Crippen molar-refractivity contribution in [2.45, 2.75) is 57.5 Å². The number of hydrogen-bond acceptors (Lipinski definition) is 6. The number of aromatic nitrogens is 3. The molecule has 0 atom stereocenters. The summed E-state index contributed by atoms with van der Waals surface area (Å²) >= 11 is 3.48. The quantitative estimate of drug-likeness (QED) is 0.468. The summed E-state index contributed by atoms with van der Waals surface area (Å²) in [6, 6.07) is 0. The van der Waals surface area contributed by atoms with Gasteiger partial charge in [0.25, 0.3) is 0 Å². The summed E-state index contributed by atoms with van der Waals surface area (Å²) in [5, 5.41) is 2.23. The maximum absolute atomic E-state index is 5.21. The molecule has 5 rings (SSSR count). The average molecular weight is 443 g/mol. The Hall–Kier alpha value is -1.44. The van der Waals surface area contributed by atoms with Gasteiger partial charge < -0.3 is 9.80 Å². The average Bonchev–Trinajstić information content (AvgIpc) is 3.41. The van der Waals surface area contributed by atoms with Gasteiger partial charge in [0.05, 0.1) is 42.9 Å². The molecule has 1 aliphatic carbocycles. The molecule has 0 amide bonds. The van der Waals surface area contributed by atoms with E-state index < -0.39 is 0 Å². The van der Waals surface area contributed by atoms with Crippen molar-refractivity contribution in [2.75, 3.05) is 43.9 Å². The zero-order chi connectivity index (χ0) is 20.7. The Balaban J connectivity index is 1.68. The van der Waals surface area contributed by atoms with E-state index in [1.54, 1.807) is 16.7 Å². The van der Waals surface area contributed by atoms with Crippen molar-refractivity contribution < 1.29 is 4.90 Å². The molecule has 7 heteroatoms. The number of thioether (sulfide) groups is 1. The Bertz CT molecular complexity index is 1070. The number of nitrogens with zero attached hydrogens (tertiary/aromatic N) is 4. The van der Waals surface area contributed by atoms with E-state index in [1.165, 1.54) is 83.5 Å². The molecule has 3 aromatic rings. The van der Waals surface area contributed by atoms with Gasteiger partial charge in [0, 0.05) is 11.1 Å². The van der Waals surface area contributed by atoms with Crippen LogP contribution in [0.1, 0.15) is 49.9 Å². The summed E-state index contributed by atoms with van der Waals surface area (Å²) in [6.07, 6.45) is 9.25. The number of aryl methyl sites for hydroxylation is 2. The van der Waals surface area contributed by atoms with E-state index in [9.17, 15) is 0 Å². The molecular formula is C23H32N5S2+. The van der Waals surface area contributed by atoms with Crippen molar-refractivity contribution in [3.8, 4) is 0 Å². The monoisotopic (exact) mass is 442 g/mol. The smallest absolute Gasteiger partial charge is 0.189 e. The van der Waals surface area contributed by atoms with Gasteiger partial charge in [0.2, 0.25) is 0 Å². The van der Waals surface area contributed by atoms with E-state index in [1.807, 2.05) is 11.3 Å². The fourth-order valence-corrected chi connectivity index (χ4v) is 6.60. The predicted octanol–water partition coefficient (Wildman–Crippen LogP) is 3.52. The van der Waals surface area contributed by atoms with E-state index in [0.29, 0.717) is 0 Å². The SMILES string of the molecule is CCCCc1nc2sc3c(N4CC[NH+](CC)CC4)nc(SC)nc3c2c2c1CCC2. The summed E-state index contributed by atoms with van der Waals surface area (Å²) in [5.74, 6) is 1.14. The predicted molar refractivity (Wildman–Crippen MR) is 129 cm³/mol. The van der Waals surface area contributed by atoms with Crippen LogP contribution in [0.2, 0.25) is 0 Å². The van der Waals surface area contributed by atoms with Gasteiger partial charge in [-0.3, -0.25) is 0 Å². The van der Waals surface area contributed by atoms with Crippen LogP contribution in [-0.4, -0.2) is 53.9 Å². The minimum Gasteiger partial charge on any atom is -0.344 e. The number of quaternary nitrogens is 1. The number of rotatable bonds is 6. The van der Waals surface area contributed by atoms with Crippen LogP contribution in [0.5, 0.6) is 0 Å². The Morgan fingerprint density at radius 2 is 1.87 bits per heavy atom. The van der Waals surface area contributed by atoms with Gasteiger partial charge >= 0.3 is 0 Å². The second kappa shape index (κ2) is 8.60. The van der Waals surface area contributed by atoms with Crippen LogP contribution in [-0.2, 0) is 19.3 Å². The highest BCUT2D eigenvalue weighted by Gasteiger charge is 2.27. The van der Waals surface area contributed by atoms with Gasteiger partial charge in [-0.25, -0.2) is 15.0 Å². The number of nitrogens with one attached hydrogen (secondary N) is 1. The van der Waals surface area contributed by atoms with Crippen molar-refractivity contribution in [1.82, 2.24) is 15.0 Å². The zero-order valence-electron chi connectivity index (χ0n) is 18.4. The van der Waals surface area contributed by atoms with Gasteiger partial charge in [-0.2, -0.15) is 0 Å². The first kappa shape index (κ1) is 20.5. The molecule has 0 radical (unpaired) electrons. The van der Waals surface area contributed by atoms with Crippen LogP contribution in [0.4, 0.5) is 5.82 Å². The number of anilines is 1. The Labute approximate surface area is 187 Å². The Morgan fingerprint density at radius 3 is 2.60 bits per heavy atom. The van der Waals surface area contributed by atoms with Crippen molar-refractivity contribution in [3.63, 3.8) is 0 Å². The van der Waals surface area contributed by atoms with Gasteiger partial charge in [-0.15, -0.1) is 11.3 Å². The molecule has 1 N–H and O–H groups in total. The van der Waals surface area contributed by atoms with Crippen molar-refractivity contribution in [1.29, 1.82) is 0 Å². The van der Waals surface area contributed by atoms with Crippen LogP contribution in [0.15, 0.2) is 5.16 Å². The van der Waals surface area contributed by atoms with Crippen molar-refractivity contribution in [3.05, 3.63) is 16.8 Å². The summed E-state index contributed by atoms with van der Waals surface area (Å²) in [6.45, 7) is 10.3.